The first-order chi connectivity index (χ1) is 24.0. The maximum absolute atomic E-state index is 15.1. The summed E-state index contributed by atoms with van der Waals surface area (Å²) in [5, 5.41) is 7.36. The molecule has 1 aliphatic rings. The molecule has 1 fully saturated rings. The van der Waals surface area contributed by atoms with E-state index in [4.69, 9.17) is 9.47 Å². The second kappa shape index (κ2) is 18.8. The van der Waals surface area contributed by atoms with Crippen LogP contribution < -0.4 is 16.0 Å². The van der Waals surface area contributed by atoms with Crippen LogP contribution in [0.3, 0.4) is 0 Å². The number of ether oxygens (including phenoxy) is 2. The Morgan fingerprint density at radius 3 is 2.35 bits per heavy atom. The van der Waals surface area contributed by atoms with Crippen LogP contribution in [0.25, 0.3) is 0 Å². The number of alkyl halides is 6. The van der Waals surface area contributed by atoms with Crippen LogP contribution in [0.2, 0.25) is 0 Å². The number of allylic oxidation sites excluding steroid dienone is 6. The van der Waals surface area contributed by atoms with Gasteiger partial charge in [-0.25, -0.2) is 13.6 Å². The van der Waals surface area contributed by atoms with E-state index < -0.39 is 66.2 Å². The number of hydrogen-bond donors (Lipinski definition) is 3. The zero-order chi connectivity index (χ0) is 37.8. The first-order valence-corrected chi connectivity index (χ1v) is 16.3. The standard InChI is InChI=1S/C36H41F8N3O4/c1-4-22(3)15-25(36(42,43)44)16-23(5-2)30(24-9-11-26(37)12-10-24)17-33(48)47-32-8-6-7-31(38)29(32)14-13-28-18-45-27(19-50-28)20-51-34(49)46-21-35(39,40)41/h5-12,15-16,27-28,30,45H,4,13-14,17-21H2,1-3H3,(H,46,49)(H,47,48)/b22-15?,23-5+,25-16+/t27-,28+,30+/m0/s1. The van der Waals surface area contributed by atoms with Gasteiger partial charge >= 0.3 is 18.4 Å². The third-order valence-electron chi connectivity index (χ3n) is 8.13. The second-order valence-electron chi connectivity index (χ2n) is 12.0. The summed E-state index contributed by atoms with van der Waals surface area (Å²) < 4.78 is 118. The summed E-state index contributed by atoms with van der Waals surface area (Å²) in [5.41, 5.74) is 0.508. The number of amides is 2. The Balaban J connectivity index is 1.70. The van der Waals surface area contributed by atoms with Crippen LogP contribution in [0.15, 0.2) is 77.4 Å². The second-order valence-corrected chi connectivity index (χ2v) is 12.0. The summed E-state index contributed by atoms with van der Waals surface area (Å²) in [7, 11) is 0. The molecule has 0 aromatic heterocycles. The number of halogens is 8. The van der Waals surface area contributed by atoms with Gasteiger partial charge in [0, 0.05) is 30.1 Å². The van der Waals surface area contributed by atoms with E-state index in [2.05, 4.69) is 10.6 Å². The average Bonchev–Trinajstić information content (AvgIpc) is 3.07. The molecule has 0 spiro atoms. The summed E-state index contributed by atoms with van der Waals surface area (Å²) in [6.07, 6.45) is -6.93. The quantitative estimate of drug-likeness (QED) is 0.134. The molecule has 2 aromatic carbocycles. The predicted octanol–water partition coefficient (Wildman–Crippen LogP) is 8.45. The van der Waals surface area contributed by atoms with Crippen molar-refractivity contribution in [3.63, 3.8) is 0 Å². The van der Waals surface area contributed by atoms with Crippen LogP contribution >= 0.6 is 0 Å². The monoisotopic (exact) mass is 731 g/mol. The van der Waals surface area contributed by atoms with E-state index in [1.165, 1.54) is 36.4 Å². The summed E-state index contributed by atoms with van der Waals surface area (Å²) in [6, 6.07) is 8.74. The molecule has 3 rings (SSSR count). The third kappa shape index (κ3) is 13.8. The predicted molar refractivity (Wildman–Crippen MR) is 176 cm³/mol. The Morgan fingerprint density at radius 1 is 1.06 bits per heavy atom. The zero-order valence-corrected chi connectivity index (χ0v) is 28.3. The van der Waals surface area contributed by atoms with Crippen LogP contribution in [0.4, 0.5) is 45.6 Å². The molecular formula is C36H41F8N3O4. The minimum absolute atomic E-state index is 0.0639. The fourth-order valence-electron chi connectivity index (χ4n) is 5.24. The molecule has 1 aliphatic heterocycles. The molecule has 0 unspecified atom stereocenters. The van der Waals surface area contributed by atoms with Gasteiger partial charge in [-0.1, -0.05) is 42.8 Å². The number of benzene rings is 2. The van der Waals surface area contributed by atoms with Crippen molar-refractivity contribution in [3.8, 4) is 0 Å². The van der Waals surface area contributed by atoms with Gasteiger partial charge in [-0.15, -0.1) is 0 Å². The van der Waals surface area contributed by atoms with E-state index >= 15 is 4.39 Å². The fourth-order valence-corrected chi connectivity index (χ4v) is 5.24. The molecule has 3 atom stereocenters. The van der Waals surface area contributed by atoms with Crippen molar-refractivity contribution in [2.75, 3.05) is 31.6 Å². The SMILES string of the molecule is C/C=C(\C=C(/C=C(C)CC)C(F)(F)F)[C@@H](CC(=O)Nc1cccc(F)c1CC[C@@H]1CN[C@H](COC(=O)NCC(F)(F)F)CO1)c1ccc(F)cc1. The average molecular weight is 732 g/mol. The van der Waals surface area contributed by atoms with Crippen molar-refractivity contribution in [2.24, 2.45) is 0 Å². The highest BCUT2D eigenvalue weighted by atomic mass is 19.4. The number of morpholine rings is 1. The lowest BCUT2D eigenvalue weighted by atomic mass is 9.86. The molecule has 2 amide bonds. The van der Waals surface area contributed by atoms with E-state index in [0.717, 1.165) is 24.3 Å². The lowest BCUT2D eigenvalue weighted by Gasteiger charge is -2.30. The number of carbonyl (C=O) groups excluding carboxylic acids is 2. The largest absolute Gasteiger partial charge is 0.448 e. The Hall–Kier alpha value is -4.24. The van der Waals surface area contributed by atoms with Gasteiger partial charge in [0.05, 0.1) is 24.3 Å². The Labute approximate surface area is 291 Å². The van der Waals surface area contributed by atoms with Crippen LogP contribution in [0, 0.1) is 11.6 Å². The maximum Gasteiger partial charge on any atom is 0.416 e. The highest BCUT2D eigenvalue weighted by molar-refractivity contribution is 5.92. The molecule has 7 nitrogen and oxygen atoms in total. The van der Waals surface area contributed by atoms with Crippen LogP contribution in [0.5, 0.6) is 0 Å². The number of anilines is 1. The van der Waals surface area contributed by atoms with Crippen LogP contribution in [-0.2, 0) is 20.7 Å². The molecule has 0 radical (unpaired) electrons. The first-order valence-electron chi connectivity index (χ1n) is 16.3. The van der Waals surface area contributed by atoms with E-state index in [-0.39, 0.29) is 49.4 Å². The van der Waals surface area contributed by atoms with E-state index in [0.29, 0.717) is 24.0 Å². The van der Waals surface area contributed by atoms with Gasteiger partial charge in [0.2, 0.25) is 5.91 Å². The number of rotatable bonds is 14. The highest BCUT2D eigenvalue weighted by Gasteiger charge is 2.33. The van der Waals surface area contributed by atoms with Gasteiger partial charge in [-0.3, -0.25) is 4.79 Å². The number of alkyl carbamates (subject to hydrolysis) is 1. The lowest BCUT2D eigenvalue weighted by Crippen LogP contribution is -2.49. The topological polar surface area (TPSA) is 88.7 Å². The summed E-state index contributed by atoms with van der Waals surface area (Å²) in [6.45, 7) is 3.42. The van der Waals surface area contributed by atoms with Crippen LogP contribution in [-0.4, -0.2) is 62.8 Å². The third-order valence-corrected chi connectivity index (χ3v) is 8.13. The Kier molecular flexibility index (Phi) is 15.2. The van der Waals surface area contributed by atoms with Gasteiger partial charge in [-0.05, 0) is 74.6 Å². The smallest absolute Gasteiger partial charge is 0.416 e. The molecule has 3 N–H and O–H groups in total. The molecule has 0 bridgehead atoms. The van der Waals surface area contributed by atoms with Crippen molar-refractivity contribution in [1.29, 1.82) is 0 Å². The van der Waals surface area contributed by atoms with Gasteiger partial charge in [0.25, 0.3) is 0 Å². The van der Waals surface area contributed by atoms with E-state index in [1.807, 2.05) is 0 Å². The zero-order valence-electron chi connectivity index (χ0n) is 28.3. The molecule has 51 heavy (non-hydrogen) atoms. The Bertz CT molecular complexity index is 1560. The number of hydrogen-bond acceptors (Lipinski definition) is 5. The lowest BCUT2D eigenvalue weighted by molar-refractivity contribution is -0.124. The van der Waals surface area contributed by atoms with E-state index in [1.54, 1.807) is 26.1 Å². The summed E-state index contributed by atoms with van der Waals surface area (Å²) in [4.78, 5) is 25.0. The fraction of sp³-hybridized carbons (Fsp3) is 0.444. The van der Waals surface area contributed by atoms with E-state index in [9.17, 15) is 40.3 Å². The molecule has 1 heterocycles. The molecule has 1 saturated heterocycles. The van der Waals surface area contributed by atoms with Crippen molar-refractivity contribution in [2.45, 2.75) is 76.9 Å². The summed E-state index contributed by atoms with van der Waals surface area (Å²) >= 11 is 0. The van der Waals surface area contributed by atoms with Crippen molar-refractivity contribution >= 4 is 17.7 Å². The summed E-state index contributed by atoms with van der Waals surface area (Å²) in [5.74, 6) is -2.69. The normalized spacial score (nSPS) is 18.3. The van der Waals surface area contributed by atoms with Crippen LogP contribution in [0.1, 0.15) is 57.1 Å². The molecular weight excluding hydrogens is 690 g/mol. The molecule has 15 heteroatoms. The molecule has 0 saturated carbocycles. The minimum atomic E-state index is -4.68. The minimum Gasteiger partial charge on any atom is -0.448 e. The highest BCUT2D eigenvalue weighted by Crippen LogP contribution is 2.35. The Morgan fingerprint density at radius 2 is 1.76 bits per heavy atom. The van der Waals surface area contributed by atoms with Gasteiger partial charge in [-0.2, -0.15) is 26.3 Å². The maximum atomic E-state index is 15.1. The van der Waals surface area contributed by atoms with Crippen molar-refractivity contribution < 1.29 is 54.2 Å². The molecule has 280 valence electrons. The number of carbonyl (C=O) groups is 2. The van der Waals surface area contributed by atoms with Crippen molar-refractivity contribution in [1.82, 2.24) is 10.6 Å². The molecule has 0 aliphatic carbocycles. The van der Waals surface area contributed by atoms with Gasteiger partial charge in [0.1, 0.15) is 24.8 Å². The van der Waals surface area contributed by atoms with Crippen molar-refractivity contribution in [3.05, 3.63) is 100 Å². The molecule has 2 aromatic rings. The van der Waals surface area contributed by atoms with Gasteiger partial charge in [0.15, 0.2) is 0 Å². The van der Waals surface area contributed by atoms with Gasteiger partial charge < -0.3 is 25.4 Å². The first kappa shape index (κ1) is 41.2. The number of nitrogens with one attached hydrogen (secondary N) is 3.